The van der Waals surface area contributed by atoms with Crippen molar-refractivity contribution in [1.82, 2.24) is 5.43 Å². The molecule has 0 aliphatic carbocycles. The molecule has 0 amide bonds. The topological polar surface area (TPSA) is 56.5 Å². The SMILES string of the molecule is COC(C)C(NN)c1cccc(OC(C)C)c1. The van der Waals surface area contributed by atoms with Gasteiger partial charge in [-0.05, 0) is 38.5 Å². The van der Waals surface area contributed by atoms with E-state index in [4.69, 9.17) is 15.3 Å². The van der Waals surface area contributed by atoms with Crippen LogP contribution in [0.25, 0.3) is 0 Å². The minimum atomic E-state index is -0.0456. The Morgan fingerprint density at radius 1 is 1.24 bits per heavy atom. The first kappa shape index (κ1) is 14.0. The van der Waals surface area contributed by atoms with Crippen LogP contribution in [-0.2, 0) is 4.74 Å². The van der Waals surface area contributed by atoms with E-state index in [0.29, 0.717) is 0 Å². The largest absolute Gasteiger partial charge is 0.491 e. The van der Waals surface area contributed by atoms with Crippen molar-refractivity contribution in [2.24, 2.45) is 5.84 Å². The maximum atomic E-state index is 5.65. The van der Waals surface area contributed by atoms with E-state index in [1.807, 2.05) is 45.0 Å². The van der Waals surface area contributed by atoms with Gasteiger partial charge in [-0.1, -0.05) is 12.1 Å². The maximum absolute atomic E-state index is 5.65. The lowest BCUT2D eigenvalue weighted by Crippen LogP contribution is -2.36. The number of hydrogen-bond donors (Lipinski definition) is 2. The van der Waals surface area contributed by atoms with Gasteiger partial charge in [0.05, 0.1) is 18.2 Å². The standard InChI is InChI=1S/C13H22N2O2/c1-9(2)17-12-7-5-6-11(8-12)13(15-14)10(3)16-4/h5-10,13,15H,14H2,1-4H3. The van der Waals surface area contributed by atoms with Crippen LogP contribution in [-0.4, -0.2) is 19.3 Å². The van der Waals surface area contributed by atoms with Crippen LogP contribution in [0.5, 0.6) is 5.75 Å². The number of rotatable bonds is 6. The number of nitrogens with one attached hydrogen (secondary N) is 1. The average Bonchev–Trinajstić information content (AvgIpc) is 2.29. The van der Waals surface area contributed by atoms with Gasteiger partial charge >= 0.3 is 0 Å². The van der Waals surface area contributed by atoms with Crippen LogP contribution in [0.2, 0.25) is 0 Å². The summed E-state index contributed by atoms with van der Waals surface area (Å²) in [7, 11) is 1.67. The van der Waals surface area contributed by atoms with Crippen molar-refractivity contribution in [2.45, 2.75) is 39.0 Å². The molecule has 0 aliphatic heterocycles. The van der Waals surface area contributed by atoms with E-state index in [0.717, 1.165) is 11.3 Å². The molecule has 96 valence electrons. The van der Waals surface area contributed by atoms with Crippen molar-refractivity contribution < 1.29 is 9.47 Å². The highest BCUT2D eigenvalue weighted by Crippen LogP contribution is 2.23. The first-order valence-electron chi connectivity index (χ1n) is 5.84. The van der Waals surface area contributed by atoms with Gasteiger partial charge in [-0.15, -0.1) is 0 Å². The number of nitrogens with two attached hydrogens (primary N) is 1. The summed E-state index contributed by atoms with van der Waals surface area (Å²) >= 11 is 0. The lowest BCUT2D eigenvalue weighted by atomic mass is 10.0. The Bertz CT molecular complexity index is 342. The number of ether oxygens (including phenoxy) is 2. The van der Waals surface area contributed by atoms with Crippen molar-refractivity contribution in [1.29, 1.82) is 0 Å². The van der Waals surface area contributed by atoms with Crippen molar-refractivity contribution in [3.63, 3.8) is 0 Å². The second-order valence-electron chi connectivity index (χ2n) is 4.32. The molecule has 0 saturated carbocycles. The zero-order valence-corrected chi connectivity index (χ0v) is 10.9. The molecule has 0 aliphatic rings. The van der Waals surface area contributed by atoms with Crippen LogP contribution >= 0.6 is 0 Å². The Morgan fingerprint density at radius 3 is 2.47 bits per heavy atom. The van der Waals surface area contributed by atoms with Crippen molar-refractivity contribution in [3.8, 4) is 5.75 Å². The fraction of sp³-hybridized carbons (Fsp3) is 0.538. The van der Waals surface area contributed by atoms with E-state index in [1.165, 1.54) is 0 Å². The van der Waals surface area contributed by atoms with E-state index < -0.39 is 0 Å². The Balaban J connectivity index is 2.88. The summed E-state index contributed by atoms with van der Waals surface area (Å²) in [6.07, 6.45) is 0.156. The van der Waals surface area contributed by atoms with Crippen LogP contribution in [0, 0.1) is 0 Å². The molecule has 2 unspecified atom stereocenters. The third-order valence-corrected chi connectivity index (χ3v) is 2.61. The summed E-state index contributed by atoms with van der Waals surface area (Å²) in [4.78, 5) is 0. The summed E-state index contributed by atoms with van der Waals surface area (Å²) in [6, 6.07) is 7.84. The summed E-state index contributed by atoms with van der Waals surface area (Å²) in [6.45, 7) is 5.98. The molecular weight excluding hydrogens is 216 g/mol. The molecule has 0 spiro atoms. The van der Waals surface area contributed by atoms with Gasteiger partial charge in [0.25, 0.3) is 0 Å². The molecule has 0 fully saturated rings. The van der Waals surface area contributed by atoms with Gasteiger partial charge in [-0.3, -0.25) is 11.3 Å². The fourth-order valence-corrected chi connectivity index (χ4v) is 1.69. The molecule has 4 heteroatoms. The highest BCUT2D eigenvalue weighted by atomic mass is 16.5. The smallest absolute Gasteiger partial charge is 0.120 e. The second kappa shape index (κ2) is 6.59. The molecule has 3 N–H and O–H groups in total. The van der Waals surface area contributed by atoms with Crippen molar-refractivity contribution in [2.75, 3.05) is 7.11 Å². The fourth-order valence-electron chi connectivity index (χ4n) is 1.69. The van der Waals surface area contributed by atoms with Gasteiger partial charge in [0.1, 0.15) is 5.75 Å². The molecule has 2 atom stereocenters. The van der Waals surface area contributed by atoms with E-state index in [2.05, 4.69) is 5.43 Å². The quantitative estimate of drug-likeness (QED) is 0.588. The van der Waals surface area contributed by atoms with E-state index in [9.17, 15) is 0 Å². The number of methoxy groups -OCH3 is 1. The Labute approximate surface area is 103 Å². The minimum Gasteiger partial charge on any atom is -0.491 e. The highest BCUT2D eigenvalue weighted by molar-refractivity contribution is 5.31. The van der Waals surface area contributed by atoms with Crippen LogP contribution < -0.4 is 16.0 Å². The Morgan fingerprint density at radius 2 is 1.94 bits per heavy atom. The summed E-state index contributed by atoms with van der Waals surface area (Å²) in [5, 5.41) is 0. The first-order chi connectivity index (χ1) is 8.08. The third-order valence-electron chi connectivity index (χ3n) is 2.61. The van der Waals surface area contributed by atoms with E-state index >= 15 is 0 Å². The predicted octanol–water partition coefficient (Wildman–Crippen LogP) is 2.01. The zero-order valence-electron chi connectivity index (χ0n) is 10.9. The molecule has 4 nitrogen and oxygen atoms in total. The van der Waals surface area contributed by atoms with Crippen molar-refractivity contribution >= 4 is 0 Å². The van der Waals surface area contributed by atoms with E-state index in [-0.39, 0.29) is 18.2 Å². The zero-order chi connectivity index (χ0) is 12.8. The number of hydrogen-bond acceptors (Lipinski definition) is 4. The summed E-state index contributed by atoms with van der Waals surface area (Å²) in [5.41, 5.74) is 3.82. The number of benzene rings is 1. The molecule has 1 rings (SSSR count). The van der Waals surface area contributed by atoms with Gasteiger partial charge in [0.15, 0.2) is 0 Å². The van der Waals surface area contributed by atoms with Crippen molar-refractivity contribution in [3.05, 3.63) is 29.8 Å². The van der Waals surface area contributed by atoms with Gasteiger partial charge in [-0.2, -0.15) is 0 Å². The maximum Gasteiger partial charge on any atom is 0.120 e. The molecule has 17 heavy (non-hydrogen) atoms. The average molecular weight is 238 g/mol. The van der Waals surface area contributed by atoms with Crippen LogP contribution in [0.15, 0.2) is 24.3 Å². The van der Waals surface area contributed by atoms with Crippen LogP contribution in [0.4, 0.5) is 0 Å². The first-order valence-corrected chi connectivity index (χ1v) is 5.84. The second-order valence-corrected chi connectivity index (χ2v) is 4.32. The lowest BCUT2D eigenvalue weighted by Gasteiger charge is -2.23. The molecule has 0 radical (unpaired) electrons. The highest BCUT2D eigenvalue weighted by Gasteiger charge is 2.17. The molecule has 1 aromatic carbocycles. The van der Waals surface area contributed by atoms with Gasteiger partial charge in [-0.25, -0.2) is 0 Å². The monoisotopic (exact) mass is 238 g/mol. The van der Waals surface area contributed by atoms with Crippen LogP contribution in [0.1, 0.15) is 32.4 Å². The van der Waals surface area contributed by atoms with Gasteiger partial charge in [0.2, 0.25) is 0 Å². The number of hydrazine groups is 1. The molecule has 0 saturated heterocycles. The Kier molecular flexibility index (Phi) is 5.41. The molecule has 0 bridgehead atoms. The third kappa shape index (κ3) is 4.00. The predicted molar refractivity (Wildman–Crippen MR) is 68.7 cm³/mol. The molecular formula is C13H22N2O2. The summed E-state index contributed by atoms with van der Waals surface area (Å²) < 4.78 is 10.9. The Hall–Kier alpha value is -1.10. The molecule has 0 aromatic heterocycles. The van der Waals surface area contributed by atoms with Gasteiger partial charge in [0, 0.05) is 7.11 Å². The summed E-state index contributed by atoms with van der Waals surface area (Å²) in [5.74, 6) is 6.41. The van der Waals surface area contributed by atoms with Gasteiger partial charge < -0.3 is 9.47 Å². The molecule has 1 aromatic rings. The van der Waals surface area contributed by atoms with E-state index in [1.54, 1.807) is 7.11 Å². The van der Waals surface area contributed by atoms with Crippen LogP contribution in [0.3, 0.4) is 0 Å². The normalized spacial score (nSPS) is 14.7. The lowest BCUT2D eigenvalue weighted by molar-refractivity contribution is 0.0829. The molecule has 0 heterocycles. The minimum absolute atomic E-state index is 0.00528.